The van der Waals surface area contributed by atoms with E-state index >= 15 is 0 Å². The molecule has 1 aromatic carbocycles. The van der Waals surface area contributed by atoms with Gasteiger partial charge in [-0.2, -0.15) is 5.10 Å². The van der Waals surface area contributed by atoms with Crippen molar-refractivity contribution in [1.29, 1.82) is 0 Å². The Morgan fingerprint density at radius 3 is 2.77 bits per heavy atom. The number of benzene rings is 1. The van der Waals surface area contributed by atoms with Crippen molar-refractivity contribution in [2.24, 2.45) is 0 Å². The summed E-state index contributed by atoms with van der Waals surface area (Å²) in [5, 5.41) is 8.71. The minimum absolute atomic E-state index is 0.188. The molecule has 2 N–H and O–H groups in total. The second kappa shape index (κ2) is 6.06. The number of nitrogens with zero attached hydrogens (tertiary/aromatic N) is 3. The SMILES string of the molecule is O=C1N(c2ccccn2)c2cc3c4c([nH]c3cc2C12CCCC2)-c1[nH]ncc1CCC4. The van der Waals surface area contributed by atoms with Gasteiger partial charge in [0.05, 0.1) is 28.7 Å². The first-order valence-corrected chi connectivity index (χ1v) is 11.2. The molecule has 7 rings (SSSR count). The fourth-order valence-electron chi connectivity index (χ4n) is 6.11. The Balaban J connectivity index is 1.51. The number of carbonyl (C=O) groups is 1. The third kappa shape index (κ3) is 2.19. The summed E-state index contributed by atoms with van der Waals surface area (Å²) >= 11 is 0. The number of hydrogen-bond donors (Lipinski definition) is 2. The summed E-state index contributed by atoms with van der Waals surface area (Å²) in [7, 11) is 0. The maximum absolute atomic E-state index is 13.8. The molecule has 6 nitrogen and oxygen atoms in total. The summed E-state index contributed by atoms with van der Waals surface area (Å²) in [4.78, 5) is 23.9. The molecule has 1 fully saturated rings. The second-order valence-corrected chi connectivity index (χ2v) is 9.14. The van der Waals surface area contributed by atoms with Gasteiger partial charge in [-0.3, -0.25) is 14.8 Å². The van der Waals surface area contributed by atoms with Crippen molar-refractivity contribution >= 4 is 28.3 Å². The summed E-state index contributed by atoms with van der Waals surface area (Å²) < 4.78 is 0. The lowest BCUT2D eigenvalue weighted by Crippen LogP contribution is -2.36. The van der Waals surface area contributed by atoms with Gasteiger partial charge in [0.1, 0.15) is 5.82 Å². The van der Waals surface area contributed by atoms with Crippen LogP contribution in [0.15, 0.2) is 42.7 Å². The number of nitrogens with one attached hydrogen (secondary N) is 2. The first-order valence-electron chi connectivity index (χ1n) is 11.2. The number of aromatic amines is 2. The topological polar surface area (TPSA) is 77.7 Å². The summed E-state index contributed by atoms with van der Waals surface area (Å²) in [5.74, 6) is 0.905. The van der Waals surface area contributed by atoms with Gasteiger partial charge >= 0.3 is 0 Å². The van der Waals surface area contributed by atoms with Crippen molar-refractivity contribution in [3.05, 3.63) is 59.4 Å². The fraction of sp³-hybridized carbons (Fsp3) is 0.320. The third-order valence-corrected chi connectivity index (χ3v) is 7.57. The highest BCUT2D eigenvalue weighted by Gasteiger charge is 2.53. The van der Waals surface area contributed by atoms with Crippen LogP contribution in [0, 0.1) is 0 Å². The Labute approximate surface area is 179 Å². The zero-order chi connectivity index (χ0) is 20.6. The molecule has 0 saturated heterocycles. The lowest BCUT2D eigenvalue weighted by Gasteiger charge is -2.22. The van der Waals surface area contributed by atoms with Crippen molar-refractivity contribution in [3.8, 4) is 11.4 Å². The standard InChI is InChI=1S/C25H23N5O/c31-24-25(9-2-3-10-25)18-13-19-17(12-20(18)30(24)21-8-1-4-11-26-21)16-7-5-6-15-14-27-29-22(15)23(16)28-19/h1,4,8,11-14,28H,2-3,5-7,9-10H2,(H,27,29). The van der Waals surface area contributed by atoms with Crippen molar-refractivity contribution in [2.75, 3.05) is 4.90 Å². The first-order chi connectivity index (χ1) is 15.3. The van der Waals surface area contributed by atoms with Crippen LogP contribution < -0.4 is 4.90 Å². The van der Waals surface area contributed by atoms with E-state index in [9.17, 15) is 4.79 Å². The van der Waals surface area contributed by atoms with Crippen LogP contribution in [0.2, 0.25) is 0 Å². The number of pyridine rings is 1. The molecule has 154 valence electrons. The van der Waals surface area contributed by atoms with E-state index in [0.717, 1.165) is 73.1 Å². The Morgan fingerprint density at radius 1 is 1.03 bits per heavy atom. The predicted octanol–water partition coefficient (Wildman–Crippen LogP) is 4.93. The number of hydrogen-bond acceptors (Lipinski definition) is 3. The number of aromatic nitrogens is 4. The van der Waals surface area contributed by atoms with Crippen LogP contribution in [0.4, 0.5) is 11.5 Å². The smallest absolute Gasteiger partial charge is 0.243 e. The molecule has 3 aromatic heterocycles. The largest absolute Gasteiger partial charge is 0.353 e. The minimum Gasteiger partial charge on any atom is -0.353 e. The van der Waals surface area contributed by atoms with Crippen molar-refractivity contribution in [2.45, 2.75) is 50.4 Å². The summed E-state index contributed by atoms with van der Waals surface area (Å²) in [6.45, 7) is 0. The molecular weight excluding hydrogens is 386 g/mol. The Morgan fingerprint density at radius 2 is 1.94 bits per heavy atom. The van der Waals surface area contributed by atoms with Crippen LogP contribution in [-0.4, -0.2) is 26.1 Å². The van der Waals surface area contributed by atoms with Crippen molar-refractivity contribution in [3.63, 3.8) is 0 Å². The molecule has 0 radical (unpaired) electrons. The molecular formula is C25H23N5O. The van der Waals surface area contributed by atoms with Gasteiger partial charge in [0, 0.05) is 17.1 Å². The summed E-state index contributed by atoms with van der Waals surface area (Å²) in [6.07, 6.45) is 10.9. The first kappa shape index (κ1) is 17.3. The highest BCUT2D eigenvalue weighted by atomic mass is 16.2. The quantitative estimate of drug-likeness (QED) is 0.468. The molecule has 0 atom stereocenters. The van der Waals surface area contributed by atoms with Gasteiger partial charge in [-0.1, -0.05) is 18.9 Å². The number of anilines is 2. The van der Waals surface area contributed by atoms with Gasteiger partial charge in [-0.05, 0) is 73.1 Å². The highest BCUT2D eigenvalue weighted by molar-refractivity contribution is 6.14. The normalized spacial score (nSPS) is 19.0. The lowest BCUT2D eigenvalue weighted by molar-refractivity contribution is -0.122. The van der Waals surface area contributed by atoms with Gasteiger partial charge < -0.3 is 4.98 Å². The Bertz CT molecular complexity index is 1340. The molecule has 4 heterocycles. The van der Waals surface area contributed by atoms with E-state index in [1.54, 1.807) is 6.20 Å². The number of rotatable bonds is 1. The van der Waals surface area contributed by atoms with Crippen LogP contribution in [0.3, 0.4) is 0 Å². The van der Waals surface area contributed by atoms with Gasteiger partial charge in [-0.25, -0.2) is 4.98 Å². The summed E-state index contributed by atoms with van der Waals surface area (Å²) in [5.41, 5.74) is 7.73. The van der Waals surface area contributed by atoms with E-state index in [-0.39, 0.29) is 5.91 Å². The average molecular weight is 409 g/mol. The van der Waals surface area contributed by atoms with E-state index in [2.05, 4.69) is 32.3 Å². The number of carbonyl (C=O) groups excluding carboxylic acids is 1. The number of fused-ring (bicyclic) bond motifs is 7. The van der Waals surface area contributed by atoms with E-state index in [1.807, 2.05) is 29.3 Å². The number of aryl methyl sites for hydroxylation is 2. The van der Waals surface area contributed by atoms with Crippen LogP contribution >= 0.6 is 0 Å². The zero-order valence-electron chi connectivity index (χ0n) is 17.2. The molecule has 4 aromatic rings. The second-order valence-electron chi connectivity index (χ2n) is 9.14. The van der Waals surface area contributed by atoms with Crippen molar-refractivity contribution in [1.82, 2.24) is 20.2 Å². The number of H-pyrrole nitrogens is 2. The maximum Gasteiger partial charge on any atom is 0.243 e. The molecule has 6 heteroatoms. The van der Waals surface area contributed by atoms with Gasteiger partial charge in [-0.15, -0.1) is 0 Å². The Hall–Kier alpha value is -3.41. The molecule has 3 aliphatic rings. The molecule has 0 bridgehead atoms. The number of amides is 1. The molecule has 0 unspecified atom stereocenters. The van der Waals surface area contributed by atoms with Crippen LogP contribution in [0.5, 0.6) is 0 Å². The molecule has 2 aliphatic carbocycles. The minimum atomic E-state index is -0.414. The van der Waals surface area contributed by atoms with E-state index in [1.165, 1.54) is 16.5 Å². The maximum atomic E-state index is 13.8. The van der Waals surface area contributed by atoms with E-state index < -0.39 is 5.41 Å². The Kier molecular flexibility index (Phi) is 3.38. The van der Waals surface area contributed by atoms with Gasteiger partial charge in [0.2, 0.25) is 5.91 Å². The van der Waals surface area contributed by atoms with Crippen molar-refractivity contribution < 1.29 is 4.79 Å². The van der Waals surface area contributed by atoms with Gasteiger partial charge in [0.25, 0.3) is 0 Å². The molecule has 1 saturated carbocycles. The molecule has 1 amide bonds. The van der Waals surface area contributed by atoms with Crippen LogP contribution in [0.1, 0.15) is 48.8 Å². The monoisotopic (exact) mass is 409 g/mol. The fourth-order valence-corrected chi connectivity index (χ4v) is 6.11. The van der Waals surface area contributed by atoms with E-state index in [4.69, 9.17) is 0 Å². The molecule has 1 spiro atoms. The molecule has 31 heavy (non-hydrogen) atoms. The predicted molar refractivity (Wildman–Crippen MR) is 119 cm³/mol. The van der Waals surface area contributed by atoms with E-state index in [0.29, 0.717) is 5.82 Å². The third-order valence-electron chi connectivity index (χ3n) is 7.57. The summed E-state index contributed by atoms with van der Waals surface area (Å²) in [6, 6.07) is 10.3. The van der Waals surface area contributed by atoms with Crippen LogP contribution in [-0.2, 0) is 23.1 Å². The molecule has 1 aliphatic heterocycles. The zero-order valence-corrected chi connectivity index (χ0v) is 17.2. The average Bonchev–Trinajstić information content (AvgIpc) is 3.55. The van der Waals surface area contributed by atoms with Crippen LogP contribution in [0.25, 0.3) is 22.3 Å². The lowest BCUT2D eigenvalue weighted by atomic mass is 9.80. The van der Waals surface area contributed by atoms with Gasteiger partial charge in [0.15, 0.2) is 0 Å². The highest BCUT2D eigenvalue weighted by Crippen LogP contribution is 2.54.